The second kappa shape index (κ2) is 16.0. The number of nitrogens with zero attached hydrogens (tertiary/aromatic N) is 6. The summed E-state index contributed by atoms with van der Waals surface area (Å²) < 4.78 is 0. The van der Waals surface area contributed by atoms with Crippen molar-refractivity contribution in [2.75, 3.05) is 67.5 Å². The van der Waals surface area contributed by atoms with Gasteiger partial charge in [0.25, 0.3) is 11.8 Å². The predicted octanol–water partition coefficient (Wildman–Crippen LogP) is 2.97. The van der Waals surface area contributed by atoms with Crippen molar-refractivity contribution in [1.29, 1.82) is 0 Å². The van der Waals surface area contributed by atoms with Gasteiger partial charge in [-0.3, -0.25) is 19.6 Å². The Hall–Kier alpha value is -3.24. The summed E-state index contributed by atoms with van der Waals surface area (Å²) >= 11 is 0. The molecule has 2 saturated heterocycles. The molecule has 43 heavy (non-hydrogen) atoms. The molecule has 11 heteroatoms. The van der Waals surface area contributed by atoms with Gasteiger partial charge in [0.15, 0.2) is 0 Å². The number of benzene rings is 2. The molecule has 2 N–H and O–H groups in total. The number of hydrogen-bond acceptors (Lipinski definition) is 8. The van der Waals surface area contributed by atoms with E-state index >= 15 is 0 Å². The number of phenols is 2. The molecule has 0 bridgehead atoms. The Bertz CT molecular complexity index is 1200. The van der Waals surface area contributed by atoms with Crippen molar-refractivity contribution >= 4 is 24.2 Å². The Morgan fingerprint density at radius 3 is 1.44 bits per heavy atom. The van der Waals surface area contributed by atoms with Crippen molar-refractivity contribution in [3.05, 3.63) is 58.7 Å². The summed E-state index contributed by atoms with van der Waals surface area (Å²) in [6.45, 7) is 4.58. The average molecular weight is 633 g/mol. The van der Waals surface area contributed by atoms with Crippen molar-refractivity contribution in [1.82, 2.24) is 19.6 Å². The maximum atomic E-state index is 13.1. The van der Waals surface area contributed by atoms with Crippen molar-refractivity contribution < 1.29 is 36.9 Å². The van der Waals surface area contributed by atoms with Crippen molar-refractivity contribution in [2.24, 2.45) is 9.98 Å². The number of carbonyl (C=O) groups excluding carboxylic acids is 2. The van der Waals surface area contributed by atoms with E-state index in [4.69, 9.17) is 0 Å². The van der Waals surface area contributed by atoms with E-state index in [1.807, 2.05) is 14.1 Å². The molecule has 2 aliphatic rings. The minimum Gasteiger partial charge on any atom is -0.507 e. The van der Waals surface area contributed by atoms with Gasteiger partial charge in [0.2, 0.25) is 0 Å². The van der Waals surface area contributed by atoms with Crippen LogP contribution in [-0.4, -0.2) is 134 Å². The van der Waals surface area contributed by atoms with Crippen LogP contribution in [0.3, 0.4) is 0 Å². The van der Waals surface area contributed by atoms with Gasteiger partial charge in [0.1, 0.15) is 11.5 Å². The van der Waals surface area contributed by atoms with Crippen LogP contribution in [0.4, 0.5) is 0 Å². The topological polar surface area (TPSA) is 112 Å². The Morgan fingerprint density at radius 1 is 0.744 bits per heavy atom. The number of hydrogen-bond donors (Lipinski definition) is 2. The summed E-state index contributed by atoms with van der Waals surface area (Å²) in [6, 6.07) is 10.1. The van der Waals surface area contributed by atoms with E-state index in [-0.39, 0.29) is 52.5 Å². The number of piperidine rings is 2. The van der Waals surface area contributed by atoms with Gasteiger partial charge in [-0.05, 0) is 102 Å². The zero-order valence-electron chi connectivity index (χ0n) is 25.6. The molecule has 0 atom stereocenters. The molecule has 10 nitrogen and oxygen atoms in total. The van der Waals surface area contributed by atoms with E-state index in [1.54, 1.807) is 46.5 Å². The molecule has 2 aromatic rings. The van der Waals surface area contributed by atoms with Gasteiger partial charge < -0.3 is 29.8 Å². The number of phenolic OH excluding ortho intramolecular Hbond substituents is 2. The summed E-state index contributed by atoms with van der Waals surface area (Å²) in [5, 5.41) is 20.6. The fourth-order valence-electron chi connectivity index (χ4n) is 5.53. The standard InChI is InChI=1S/C32H44N6O4.Fe/c1-35-15-9-27(10-16-35)37(3)31(41)23-5-7-29(39)25(19-23)21-33-13-14-34-22-26-20-24(6-8-30(26)40)32(42)38(4)28-11-17-36(2)18-12-28;/h5-8,19-22,27-28,39-40H,9-18H2,1-4H3;/q;+3. The molecule has 4 rings (SSSR count). The van der Waals surface area contributed by atoms with Crippen LogP contribution in [0.2, 0.25) is 0 Å². The zero-order chi connectivity index (χ0) is 30.2. The first-order valence-corrected chi connectivity index (χ1v) is 14.7. The first kappa shape index (κ1) is 34.3. The molecular weight excluding hydrogens is 588 g/mol. The molecule has 0 aliphatic carbocycles. The van der Waals surface area contributed by atoms with Gasteiger partial charge in [-0.2, -0.15) is 0 Å². The molecule has 0 spiro atoms. The van der Waals surface area contributed by atoms with E-state index < -0.39 is 0 Å². The van der Waals surface area contributed by atoms with Crippen LogP contribution in [0.15, 0.2) is 46.4 Å². The van der Waals surface area contributed by atoms with Crippen molar-refractivity contribution in [3.63, 3.8) is 0 Å². The van der Waals surface area contributed by atoms with Crippen molar-refractivity contribution in [3.8, 4) is 11.5 Å². The SMILES string of the molecule is CN1CCC(N(C)C(=O)c2ccc(O)c(C=NCCN=Cc3cc(C(=O)N(C)C4CCN(C)CC4)ccc3O)c2)CC1.[Fe+3]. The summed E-state index contributed by atoms with van der Waals surface area (Å²) in [5.74, 6) is -0.0292. The third kappa shape index (κ3) is 9.13. The van der Waals surface area contributed by atoms with Gasteiger partial charge in [-0.15, -0.1) is 0 Å². The molecule has 0 aromatic heterocycles. The molecule has 2 amide bonds. The normalized spacial score (nSPS) is 17.3. The maximum absolute atomic E-state index is 13.1. The Labute approximate surface area is 265 Å². The third-order valence-electron chi connectivity index (χ3n) is 8.48. The molecule has 2 heterocycles. The van der Waals surface area contributed by atoms with E-state index in [0.29, 0.717) is 35.3 Å². The zero-order valence-corrected chi connectivity index (χ0v) is 26.7. The van der Waals surface area contributed by atoms with E-state index in [1.165, 1.54) is 12.1 Å². The van der Waals surface area contributed by atoms with Crippen LogP contribution < -0.4 is 0 Å². The van der Waals surface area contributed by atoms with Crippen molar-refractivity contribution in [2.45, 2.75) is 37.8 Å². The smallest absolute Gasteiger partial charge is 0.507 e. The first-order valence-electron chi connectivity index (χ1n) is 14.7. The monoisotopic (exact) mass is 632 g/mol. The minimum atomic E-state index is -0.0677. The Morgan fingerprint density at radius 2 is 1.09 bits per heavy atom. The number of likely N-dealkylation sites (tertiary alicyclic amines) is 2. The van der Waals surface area contributed by atoms with Crippen LogP contribution in [-0.2, 0) is 17.1 Å². The number of aliphatic imine (C=N–C) groups is 2. The van der Waals surface area contributed by atoms with Gasteiger partial charge in [-0.25, -0.2) is 0 Å². The first-order chi connectivity index (χ1) is 20.1. The van der Waals surface area contributed by atoms with Gasteiger partial charge >= 0.3 is 17.1 Å². The molecule has 0 saturated carbocycles. The third-order valence-corrected chi connectivity index (χ3v) is 8.48. The summed E-state index contributed by atoms with van der Waals surface area (Å²) in [7, 11) is 7.87. The summed E-state index contributed by atoms with van der Waals surface area (Å²) in [4.78, 5) is 43.1. The second-order valence-corrected chi connectivity index (χ2v) is 11.5. The second-order valence-electron chi connectivity index (χ2n) is 11.5. The van der Waals surface area contributed by atoms with Crippen LogP contribution in [0.5, 0.6) is 11.5 Å². The predicted molar refractivity (Wildman–Crippen MR) is 166 cm³/mol. The van der Waals surface area contributed by atoms with E-state index in [9.17, 15) is 19.8 Å². The van der Waals surface area contributed by atoms with Crippen LogP contribution in [0.25, 0.3) is 0 Å². The minimum absolute atomic E-state index is 0. The maximum Gasteiger partial charge on any atom is 3.00 e. The molecule has 0 unspecified atom stereocenters. The van der Waals surface area contributed by atoms with E-state index in [2.05, 4.69) is 33.9 Å². The molecule has 2 aromatic carbocycles. The number of rotatable bonds is 9. The molecular formula is C32H44FeN6O4+3. The van der Waals surface area contributed by atoms with Crippen LogP contribution in [0, 0.1) is 0 Å². The Balaban J connectivity index is 0.00000506. The largest absolute Gasteiger partial charge is 3.00 e. The van der Waals surface area contributed by atoms with Gasteiger partial charge in [0.05, 0.1) is 13.1 Å². The number of aromatic hydroxyl groups is 2. The molecule has 2 fully saturated rings. The summed E-state index contributed by atoms with van der Waals surface area (Å²) in [6.07, 6.45) is 6.87. The van der Waals surface area contributed by atoms with Crippen LogP contribution >= 0.6 is 0 Å². The molecule has 1 radical (unpaired) electrons. The quantitative estimate of drug-likeness (QED) is 0.250. The average Bonchev–Trinajstić information content (AvgIpc) is 2.99. The van der Waals surface area contributed by atoms with Gasteiger partial charge in [-0.1, -0.05) is 0 Å². The molecule has 2 aliphatic heterocycles. The number of amides is 2. The summed E-state index contributed by atoms with van der Waals surface area (Å²) in [5.41, 5.74) is 1.97. The number of carbonyl (C=O) groups is 2. The van der Waals surface area contributed by atoms with Crippen LogP contribution in [0.1, 0.15) is 57.5 Å². The molecule has 231 valence electrons. The van der Waals surface area contributed by atoms with Gasteiger partial charge in [0, 0.05) is 60.9 Å². The fraction of sp³-hybridized carbons (Fsp3) is 0.500. The fourth-order valence-corrected chi connectivity index (χ4v) is 5.53. The van der Waals surface area contributed by atoms with E-state index in [0.717, 1.165) is 51.9 Å². The Kier molecular flexibility index (Phi) is 12.7.